The number of nitrogens with one attached hydrogen (secondary N) is 1. The van der Waals surface area contributed by atoms with Crippen molar-refractivity contribution >= 4 is 22.4 Å². The van der Waals surface area contributed by atoms with Crippen molar-refractivity contribution in [1.29, 1.82) is 0 Å². The predicted octanol–water partition coefficient (Wildman–Crippen LogP) is 4.83. The van der Waals surface area contributed by atoms with Gasteiger partial charge in [-0.3, -0.25) is 15.0 Å². The van der Waals surface area contributed by atoms with Gasteiger partial charge in [0.15, 0.2) is 5.13 Å². The van der Waals surface area contributed by atoms with Crippen LogP contribution < -0.4 is 5.32 Å². The van der Waals surface area contributed by atoms with Crippen LogP contribution in [0.15, 0.2) is 41.8 Å². The molecule has 3 aromatic rings. The fourth-order valence-electron chi connectivity index (χ4n) is 4.03. The highest BCUT2D eigenvalue weighted by molar-refractivity contribution is 7.13. The van der Waals surface area contributed by atoms with E-state index in [-0.39, 0.29) is 5.91 Å². The Balaban J connectivity index is 1.31. The van der Waals surface area contributed by atoms with Gasteiger partial charge in [0, 0.05) is 17.8 Å². The molecule has 2 fully saturated rings. The second-order valence-corrected chi connectivity index (χ2v) is 9.12. The first-order valence-electron chi connectivity index (χ1n) is 10.9. The highest BCUT2D eigenvalue weighted by atomic mass is 32.1. The minimum absolute atomic E-state index is 0.158. The Morgan fingerprint density at radius 3 is 2.60 bits per heavy atom. The number of carbonyl (C=O) groups excluding carboxylic acids is 1. The SMILES string of the molecule is O=C(Nc1nc(CN2CCCCCC2)cs1)c1cc(C2CC2)nn1-c1ccccc1. The zero-order valence-corrected chi connectivity index (χ0v) is 17.9. The summed E-state index contributed by atoms with van der Waals surface area (Å²) in [6.45, 7) is 3.14. The molecule has 156 valence electrons. The van der Waals surface area contributed by atoms with Crippen LogP contribution in [0.5, 0.6) is 0 Å². The standard InChI is InChI=1S/C23H27N5OS/c29-22(25-23-24-18(16-30-23)15-27-12-6-1-2-7-13-27)21-14-20(17-10-11-17)26-28(21)19-8-4-3-5-9-19/h3-5,8-9,14,16-17H,1-2,6-7,10-13,15H2,(H,24,25,29). The highest BCUT2D eigenvalue weighted by Gasteiger charge is 2.29. The molecular formula is C23H27N5OS. The van der Waals surface area contributed by atoms with Gasteiger partial charge in [-0.25, -0.2) is 9.67 Å². The lowest BCUT2D eigenvalue weighted by atomic mass is 10.2. The molecule has 1 aromatic carbocycles. The molecule has 0 unspecified atom stereocenters. The van der Waals surface area contributed by atoms with E-state index in [4.69, 9.17) is 5.10 Å². The van der Waals surface area contributed by atoms with Gasteiger partial charge in [-0.05, 0) is 57.0 Å². The number of thiazole rings is 1. The van der Waals surface area contributed by atoms with Crippen molar-refractivity contribution in [3.05, 3.63) is 58.9 Å². The average Bonchev–Trinajstić information content (AvgIpc) is 3.45. The summed E-state index contributed by atoms with van der Waals surface area (Å²) in [4.78, 5) is 20.2. The molecule has 7 heteroatoms. The summed E-state index contributed by atoms with van der Waals surface area (Å²) in [6, 6.07) is 11.8. The molecule has 0 atom stereocenters. The first kappa shape index (κ1) is 19.5. The van der Waals surface area contributed by atoms with Crippen molar-refractivity contribution in [2.24, 2.45) is 0 Å². The largest absolute Gasteiger partial charge is 0.297 e. The Morgan fingerprint density at radius 2 is 1.87 bits per heavy atom. The third kappa shape index (κ3) is 4.47. The van der Waals surface area contributed by atoms with Gasteiger partial charge in [-0.2, -0.15) is 5.10 Å². The van der Waals surface area contributed by atoms with E-state index in [0.29, 0.717) is 16.7 Å². The molecule has 0 spiro atoms. The zero-order chi connectivity index (χ0) is 20.3. The maximum atomic E-state index is 13.1. The number of aromatic nitrogens is 3. The molecule has 6 nitrogen and oxygen atoms in total. The minimum Gasteiger partial charge on any atom is -0.297 e. The first-order chi connectivity index (χ1) is 14.8. The fraction of sp³-hybridized carbons (Fsp3) is 0.435. The monoisotopic (exact) mass is 421 g/mol. The van der Waals surface area contributed by atoms with Crippen LogP contribution in [0, 0.1) is 0 Å². The van der Waals surface area contributed by atoms with E-state index in [0.717, 1.165) is 49.6 Å². The molecule has 0 radical (unpaired) electrons. The van der Waals surface area contributed by atoms with E-state index in [1.165, 1.54) is 37.0 Å². The van der Waals surface area contributed by atoms with Crippen LogP contribution in [0.25, 0.3) is 5.69 Å². The zero-order valence-electron chi connectivity index (χ0n) is 17.1. The van der Waals surface area contributed by atoms with Crippen molar-refractivity contribution in [3.63, 3.8) is 0 Å². The van der Waals surface area contributed by atoms with Crippen LogP contribution >= 0.6 is 11.3 Å². The topological polar surface area (TPSA) is 63.1 Å². The summed E-state index contributed by atoms with van der Waals surface area (Å²) in [6.07, 6.45) is 7.49. The van der Waals surface area contributed by atoms with Crippen LogP contribution in [-0.4, -0.2) is 38.7 Å². The predicted molar refractivity (Wildman–Crippen MR) is 119 cm³/mol. The normalized spacial score (nSPS) is 17.6. The molecule has 1 amide bonds. The van der Waals surface area contributed by atoms with Gasteiger partial charge in [0.1, 0.15) is 5.69 Å². The Labute approximate surface area is 180 Å². The number of para-hydroxylation sites is 1. The van der Waals surface area contributed by atoms with Crippen LogP contribution in [0.1, 0.15) is 66.3 Å². The lowest BCUT2D eigenvalue weighted by molar-refractivity contribution is 0.101. The molecular weight excluding hydrogens is 394 g/mol. The summed E-state index contributed by atoms with van der Waals surface area (Å²) in [5.41, 5.74) is 3.50. The molecule has 3 heterocycles. The molecule has 2 aliphatic rings. The van der Waals surface area contributed by atoms with Gasteiger partial charge < -0.3 is 0 Å². The molecule has 5 rings (SSSR count). The van der Waals surface area contributed by atoms with Crippen molar-refractivity contribution in [2.45, 2.75) is 51.0 Å². The number of likely N-dealkylation sites (tertiary alicyclic amines) is 1. The number of carbonyl (C=O) groups is 1. The van der Waals surface area contributed by atoms with Gasteiger partial charge in [-0.15, -0.1) is 11.3 Å². The van der Waals surface area contributed by atoms with E-state index < -0.39 is 0 Å². The van der Waals surface area contributed by atoms with E-state index in [1.54, 1.807) is 4.68 Å². The molecule has 1 aliphatic carbocycles. The number of rotatable bonds is 6. The van der Waals surface area contributed by atoms with Gasteiger partial charge in [0.25, 0.3) is 5.91 Å². The lowest BCUT2D eigenvalue weighted by Gasteiger charge is -2.17. The van der Waals surface area contributed by atoms with Crippen molar-refractivity contribution in [2.75, 3.05) is 18.4 Å². The molecule has 1 saturated heterocycles. The number of nitrogens with zero attached hydrogens (tertiary/aromatic N) is 4. The summed E-state index contributed by atoms with van der Waals surface area (Å²) in [5, 5.41) is 10.4. The second-order valence-electron chi connectivity index (χ2n) is 8.26. The Kier molecular flexibility index (Phi) is 5.64. The Hall–Kier alpha value is -2.51. The number of amides is 1. The Bertz CT molecular complexity index is 1000. The number of hydrogen-bond acceptors (Lipinski definition) is 5. The van der Waals surface area contributed by atoms with Gasteiger partial charge in [0.2, 0.25) is 0 Å². The fourth-order valence-corrected chi connectivity index (χ4v) is 4.72. The smallest absolute Gasteiger partial charge is 0.276 e. The molecule has 1 aliphatic heterocycles. The Morgan fingerprint density at radius 1 is 1.10 bits per heavy atom. The van der Waals surface area contributed by atoms with Crippen LogP contribution in [-0.2, 0) is 6.54 Å². The molecule has 2 aromatic heterocycles. The van der Waals surface area contributed by atoms with Gasteiger partial charge >= 0.3 is 0 Å². The van der Waals surface area contributed by atoms with E-state index in [9.17, 15) is 4.79 Å². The summed E-state index contributed by atoms with van der Waals surface area (Å²) < 4.78 is 1.76. The summed E-state index contributed by atoms with van der Waals surface area (Å²) >= 11 is 1.49. The third-order valence-corrected chi connectivity index (χ3v) is 6.62. The van der Waals surface area contributed by atoms with Gasteiger partial charge in [-0.1, -0.05) is 31.0 Å². The van der Waals surface area contributed by atoms with Crippen molar-refractivity contribution in [3.8, 4) is 5.69 Å². The van der Waals surface area contributed by atoms with Crippen LogP contribution in [0.3, 0.4) is 0 Å². The lowest BCUT2D eigenvalue weighted by Crippen LogP contribution is -2.24. The maximum Gasteiger partial charge on any atom is 0.276 e. The first-order valence-corrected chi connectivity index (χ1v) is 11.8. The second kappa shape index (κ2) is 8.70. The number of anilines is 1. The quantitative estimate of drug-likeness (QED) is 0.619. The molecule has 30 heavy (non-hydrogen) atoms. The molecule has 1 saturated carbocycles. The van der Waals surface area contributed by atoms with E-state index in [2.05, 4.69) is 20.6 Å². The van der Waals surface area contributed by atoms with Crippen molar-refractivity contribution in [1.82, 2.24) is 19.7 Å². The van der Waals surface area contributed by atoms with Gasteiger partial charge in [0.05, 0.1) is 17.1 Å². The maximum absolute atomic E-state index is 13.1. The molecule has 0 bridgehead atoms. The average molecular weight is 422 g/mol. The minimum atomic E-state index is -0.158. The van der Waals surface area contributed by atoms with Crippen LogP contribution in [0.4, 0.5) is 5.13 Å². The summed E-state index contributed by atoms with van der Waals surface area (Å²) in [5.74, 6) is 0.329. The number of benzene rings is 1. The molecule has 1 N–H and O–H groups in total. The van der Waals surface area contributed by atoms with Crippen LogP contribution in [0.2, 0.25) is 0 Å². The highest BCUT2D eigenvalue weighted by Crippen LogP contribution is 2.39. The third-order valence-electron chi connectivity index (χ3n) is 5.81. The van der Waals surface area contributed by atoms with E-state index >= 15 is 0 Å². The summed E-state index contributed by atoms with van der Waals surface area (Å²) in [7, 11) is 0. The van der Waals surface area contributed by atoms with Crippen molar-refractivity contribution < 1.29 is 4.79 Å². The number of hydrogen-bond donors (Lipinski definition) is 1. The van der Waals surface area contributed by atoms with E-state index in [1.807, 2.05) is 36.4 Å².